The van der Waals surface area contributed by atoms with Crippen LogP contribution in [-0.4, -0.2) is 58.4 Å². The van der Waals surface area contributed by atoms with Gasteiger partial charge in [-0.05, 0) is 6.07 Å². The van der Waals surface area contributed by atoms with E-state index >= 15 is 0 Å². The summed E-state index contributed by atoms with van der Waals surface area (Å²) in [7, 11) is 4.86. The van der Waals surface area contributed by atoms with Crippen LogP contribution < -0.4 is 4.74 Å². The number of hydrogen-bond donors (Lipinski definition) is 0. The Bertz CT molecular complexity index is 628. The zero-order valence-corrected chi connectivity index (χ0v) is 12.9. The molecule has 22 heavy (non-hydrogen) atoms. The van der Waals surface area contributed by atoms with Gasteiger partial charge in [-0.15, -0.1) is 10.2 Å². The van der Waals surface area contributed by atoms with Gasteiger partial charge in [0.25, 0.3) is 5.91 Å². The van der Waals surface area contributed by atoms with Crippen molar-refractivity contribution in [3.63, 3.8) is 0 Å². The van der Waals surface area contributed by atoms with E-state index in [2.05, 4.69) is 15.2 Å². The van der Waals surface area contributed by atoms with Crippen molar-refractivity contribution in [3.8, 4) is 5.88 Å². The van der Waals surface area contributed by atoms with Crippen LogP contribution in [0, 0.1) is 0 Å². The van der Waals surface area contributed by atoms with E-state index in [4.69, 9.17) is 9.47 Å². The smallest absolute Gasteiger partial charge is 0.254 e. The summed E-state index contributed by atoms with van der Waals surface area (Å²) < 4.78 is 11.9. The Balaban J connectivity index is 2.06. The maximum atomic E-state index is 12.4. The molecule has 2 aromatic heterocycles. The van der Waals surface area contributed by atoms with Gasteiger partial charge in [-0.25, -0.2) is 4.98 Å². The van der Waals surface area contributed by atoms with E-state index in [1.165, 1.54) is 7.11 Å². The van der Waals surface area contributed by atoms with Crippen LogP contribution in [0.2, 0.25) is 0 Å². The van der Waals surface area contributed by atoms with Crippen LogP contribution in [-0.2, 0) is 17.8 Å². The minimum atomic E-state index is -0.137. The third-order valence-electron chi connectivity index (χ3n) is 3.15. The molecular weight excluding hydrogens is 286 g/mol. The molecule has 0 fully saturated rings. The molecule has 0 saturated heterocycles. The highest BCUT2D eigenvalue weighted by Gasteiger charge is 2.15. The highest BCUT2D eigenvalue weighted by Crippen LogP contribution is 2.12. The van der Waals surface area contributed by atoms with Crippen LogP contribution in [0.25, 0.3) is 0 Å². The molecule has 0 aliphatic carbocycles. The largest absolute Gasteiger partial charge is 0.481 e. The van der Waals surface area contributed by atoms with Gasteiger partial charge in [0.15, 0.2) is 5.82 Å². The number of hydrogen-bond acceptors (Lipinski definition) is 6. The SMILES string of the molecule is COCCn1cnnc1CN(C)C(=O)c1ccnc(OC)c1. The van der Waals surface area contributed by atoms with Gasteiger partial charge in [0.05, 0.1) is 20.3 Å². The van der Waals surface area contributed by atoms with Gasteiger partial charge < -0.3 is 18.9 Å². The fourth-order valence-electron chi connectivity index (χ4n) is 1.94. The first kappa shape index (κ1) is 15.9. The molecule has 8 nitrogen and oxygen atoms in total. The molecule has 0 aromatic carbocycles. The van der Waals surface area contributed by atoms with E-state index in [1.54, 1.807) is 43.7 Å². The molecule has 0 spiro atoms. The minimum absolute atomic E-state index is 0.137. The molecule has 2 aromatic rings. The van der Waals surface area contributed by atoms with Crippen molar-refractivity contribution in [3.05, 3.63) is 36.0 Å². The van der Waals surface area contributed by atoms with E-state index in [0.29, 0.717) is 37.0 Å². The Labute approximate surface area is 128 Å². The quantitative estimate of drug-likeness (QED) is 0.745. The lowest BCUT2D eigenvalue weighted by atomic mass is 10.2. The summed E-state index contributed by atoms with van der Waals surface area (Å²) in [4.78, 5) is 18.0. The molecule has 1 amide bonds. The molecule has 0 saturated carbocycles. The van der Waals surface area contributed by atoms with E-state index in [-0.39, 0.29) is 5.91 Å². The zero-order chi connectivity index (χ0) is 15.9. The number of nitrogens with zero attached hydrogens (tertiary/aromatic N) is 5. The molecule has 118 valence electrons. The molecule has 0 radical (unpaired) electrons. The number of ether oxygens (including phenoxy) is 2. The molecule has 0 bridgehead atoms. The molecule has 0 atom stereocenters. The lowest BCUT2D eigenvalue weighted by Gasteiger charge is -2.17. The van der Waals surface area contributed by atoms with E-state index < -0.39 is 0 Å². The molecule has 2 rings (SSSR count). The average Bonchev–Trinajstić information content (AvgIpc) is 2.99. The van der Waals surface area contributed by atoms with Crippen LogP contribution in [0.1, 0.15) is 16.2 Å². The second-order valence-electron chi connectivity index (χ2n) is 4.68. The van der Waals surface area contributed by atoms with Crippen LogP contribution in [0.3, 0.4) is 0 Å². The number of carbonyl (C=O) groups is 1. The molecule has 2 heterocycles. The fraction of sp³-hybridized carbons (Fsp3) is 0.429. The number of methoxy groups -OCH3 is 2. The summed E-state index contributed by atoms with van der Waals surface area (Å²) >= 11 is 0. The highest BCUT2D eigenvalue weighted by molar-refractivity contribution is 5.94. The first-order valence-electron chi connectivity index (χ1n) is 6.77. The second-order valence-corrected chi connectivity index (χ2v) is 4.68. The topological polar surface area (TPSA) is 82.4 Å². The van der Waals surface area contributed by atoms with Gasteiger partial charge in [0, 0.05) is 38.5 Å². The lowest BCUT2D eigenvalue weighted by molar-refractivity contribution is 0.0778. The number of amides is 1. The first-order valence-corrected chi connectivity index (χ1v) is 6.77. The summed E-state index contributed by atoms with van der Waals surface area (Å²) in [6.07, 6.45) is 3.17. The van der Waals surface area contributed by atoms with Crippen molar-refractivity contribution in [1.29, 1.82) is 0 Å². The van der Waals surface area contributed by atoms with Crippen LogP contribution in [0.4, 0.5) is 0 Å². The Morgan fingerprint density at radius 1 is 1.41 bits per heavy atom. The van der Waals surface area contributed by atoms with Crippen molar-refractivity contribution in [2.45, 2.75) is 13.1 Å². The van der Waals surface area contributed by atoms with Crippen molar-refractivity contribution < 1.29 is 14.3 Å². The summed E-state index contributed by atoms with van der Waals surface area (Å²) in [5, 5.41) is 7.92. The van der Waals surface area contributed by atoms with E-state index in [1.807, 2.05) is 4.57 Å². The van der Waals surface area contributed by atoms with E-state index in [0.717, 1.165) is 0 Å². The van der Waals surface area contributed by atoms with Crippen molar-refractivity contribution in [2.24, 2.45) is 0 Å². The summed E-state index contributed by atoms with van der Waals surface area (Å²) in [6, 6.07) is 3.26. The standard InChI is InChI=1S/C14H19N5O3/c1-18(9-12-17-16-10-19(12)6-7-21-2)14(20)11-4-5-15-13(8-11)22-3/h4-5,8,10H,6-7,9H2,1-3H3. The number of carbonyl (C=O) groups excluding carboxylic acids is 1. The van der Waals surface area contributed by atoms with Gasteiger partial charge in [-0.2, -0.15) is 0 Å². The fourth-order valence-corrected chi connectivity index (χ4v) is 1.94. The molecule has 0 N–H and O–H groups in total. The third kappa shape index (κ3) is 3.79. The summed E-state index contributed by atoms with van der Waals surface area (Å²) in [6.45, 7) is 1.56. The molecule has 0 aliphatic rings. The Morgan fingerprint density at radius 2 is 2.23 bits per heavy atom. The average molecular weight is 305 g/mol. The molecule has 8 heteroatoms. The maximum Gasteiger partial charge on any atom is 0.254 e. The van der Waals surface area contributed by atoms with Gasteiger partial charge >= 0.3 is 0 Å². The number of pyridine rings is 1. The van der Waals surface area contributed by atoms with Crippen LogP contribution in [0.15, 0.2) is 24.7 Å². The summed E-state index contributed by atoms with van der Waals surface area (Å²) in [5.74, 6) is 0.971. The maximum absolute atomic E-state index is 12.4. The normalized spacial score (nSPS) is 10.5. The predicted molar refractivity (Wildman–Crippen MR) is 78.5 cm³/mol. The first-order chi connectivity index (χ1) is 10.7. The second kappa shape index (κ2) is 7.51. The van der Waals surface area contributed by atoms with Gasteiger partial charge in [0.2, 0.25) is 5.88 Å². The van der Waals surface area contributed by atoms with Crippen molar-refractivity contribution in [2.75, 3.05) is 27.9 Å². The van der Waals surface area contributed by atoms with Crippen LogP contribution >= 0.6 is 0 Å². The third-order valence-corrected chi connectivity index (χ3v) is 3.15. The Morgan fingerprint density at radius 3 is 2.95 bits per heavy atom. The lowest BCUT2D eigenvalue weighted by Crippen LogP contribution is -2.28. The minimum Gasteiger partial charge on any atom is -0.481 e. The van der Waals surface area contributed by atoms with Gasteiger partial charge in [-0.1, -0.05) is 0 Å². The van der Waals surface area contributed by atoms with Gasteiger partial charge in [0.1, 0.15) is 6.33 Å². The number of rotatable bonds is 7. The van der Waals surface area contributed by atoms with Crippen molar-refractivity contribution >= 4 is 5.91 Å². The summed E-state index contributed by atoms with van der Waals surface area (Å²) in [5.41, 5.74) is 0.511. The predicted octanol–water partition coefficient (Wildman–Crippen LogP) is 0.600. The number of aromatic nitrogens is 4. The zero-order valence-electron chi connectivity index (χ0n) is 12.9. The molecular formula is C14H19N5O3. The van der Waals surface area contributed by atoms with E-state index in [9.17, 15) is 4.79 Å². The Hall–Kier alpha value is -2.48. The highest BCUT2D eigenvalue weighted by atomic mass is 16.5. The van der Waals surface area contributed by atoms with Crippen LogP contribution in [0.5, 0.6) is 5.88 Å². The van der Waals surface area contributed by atoms with Crippen molar-refractivity contribution in [1.82, 2.24) is 24.6 Å². The molecule has 0 aliphatic heterocycles. The monoisotopic (exact) mass is 305 g/mol. The molecule has 0 unspecified atom stereocenters. The van der Waals surface area contributed by atoms with Gasteiger partial charge in [-0.3, -0.25) is 4.79 Å². The Kier molecular flexibility index (Phi) is 5.42.